The highest BCUT2D eigenvalue weighted by Gasteiger charge is 2.69. The molecule has 3 saturated carbocycles. The maximum atomic E-state index is 13.4. The van der Waals surface area contributed by atoms with Crippen LogP contribution in [0.15, 0.2) is 18.2 Å². The summed E-state index contributed by atoms with van der Waals surface area (Å²) >= 11 is 5.60. The maximum absolute atomic E-state index is 13.4. The van der Waals surface area contributed by atoms with Crippen molar-refractivity contribution >= 4 is 23.5 Å². The predicted molar refractivity (Wildman–Crippen MR) is 98.7 cm³/mol. The van der Waals surface area contributed by atoms with Crippen molar-refractivity contribution in [1.29, 1.82) is 0 Å². The molecule has 0 unspecified atom stereocenters. The highest BCUT2D eigenvalue weighted by Crippen LogP contribution is 2.60. The lowest BCUT2D eigenvalue weighted by atomic mass is 9.44. The van der Waals surface area contributed by atoms with Crippen LogP contribution in [0.5, 0.6) is 5.75 Å². The number of hydrogen-bond acceptors (Lipinski definition) is 5. The van der Waals surface area contributed by atoms with Crippen LogP contribution in [-0.4, -0.2) is 56.7 Å². The van der Waals surface area contributed by atoms with Gasteiger partial charge in [-0.1, -0.05) is 11.6 Å². The molecule has 1 aromatic rings. The van der Waals surface area contributed by atoms with E-state index < -0.39 is 12.1 Å². The average Bonchev–Trinajstić information content (AvgIpc) is 2.60. The molecule has 8 nitrogen and oxygen atoms in total. The van der Waals surface area contributed by atoms with E-state index in [9.17, 15) is 14.0 Å². The van der Waals surface area contributed by atoms with Gasteiger partial charge in [-0.15, -0.1) is 0 Å². The third-order valence-electron chi connectivity index (χ3n) is 5.03. The Bertz CT molecular complexity index is 739. The number of amides is 3. The Balaban J connectivity index is 1.36. The van der Waals surface area contributed by atoms with Crippen molar-refractivity contribution in [3.05, 3.63) is 29.0 Å². The summed E-state index contributed by atoms with van der Waals surface area (Å²) < 4.78 is 28.7. The van der Waals surface area contributed by atoms with Crippen molar-refractivity contribution in [2.45, 2.75) is 36.6 Å². The Morgan fingerprint density at radius 2 is 1.82 bits per heavy atom. The quantitative estimate of drug-likeness (QED) is 0.532. The summed E-state index contributed by atoms with van der Waals surface area (Å²) in [5, 5.41) is 8.54. The molecular formula is C18H23ClFN3O5. The molecule has 0 aliphatic heterocycles. The summed E-state index contributed by atoms with van der Waals surface area (Å²) in [6.45, 7) is 0.0125. The number of methoxy groups -OCH3 is 2. The van der Waals surface area contributed by atoms with Crippen LogP contribution in [0.25, 0.3) is 0 Å². The molecule has 0 spiro atoms. The van der Waals surface area contributed by atoms with Gasteiger partial charge in [0.2, 0.25) is 0 Å². The Morgan fingerprint density at radius 3 is 2.43 bits per heavy atom. The average molecular weight is 416 g/mol. The lowest BCUT2D eigenvalue weighted by Gasteiger charge is -2.70. The molecule has 2 bridgehead atoms. The van der Waals surface area contributed by atoms with E-state index in [4.69, 9.17) is 25.8 Å². The van der Waals surface area contributed by atoms with Crippen LogP contribution in [0.3, 0.4) is 0 Å². The molecule has 28 heavy (non-hydrogen) atoms. The molecule has 1 aromatic carbocycles. The number of benzene rings is 1. The van der Waals surface area contributed by atoms with E-state index in [1.165, 1.54) is 26.4 Å². The van der Waals surface area contributed by atoms with Crippen LogP contribution >= 0.6 is 11.6 Å². The number of ether oxygens (including phenoxy) is 3. The van der Waals surface area contributed by atoms with Gasteiger partial charge in [-0.2, -0.15) is 0 Å². The summed E-state index contributed by atoms with van der Waals surface area (Å²) in [4.78, 5) is 24.1. The maximum Gasteiger partial charge on any atom is 0.315 e. The van der Waals surface area contributed by atoms with Gasteiger partial charge in [-0.3, -0.25) is 4.79 Å². The molecular weight excluding hydrogens is 393 g/mol. The first-order valence-corrected chi connectivity index (χ1v) is 9.17. The molecule has 0 saturated heterocycles. The molecule has 3 fully saturated rings. The molecule has 0 radical (unpaired) electrons. The fraction of sp³-hybridized carbons (Fsp3) is 0.556. The van der Waals surface area contributed by atoms with Gasteiger partial charge in [-0.05, 0) is 31.4 Å². The largest absolute Gasteiger partial charge is 0.484 e. The standard InChI is InChI=1S/C18H23ClFN3O5/c1-26-15(27-2)6-21-16(25)23-18-8-17(9-18,10-18)22-14(24)7-28-11-3-4-12(19)13(20)5-11/h3-5,15H,6-10H2,1-2H3,(H,22,24)(H2,21,23,25). The minimum atomic E-state index is -0.604. The number of nitrogens with one attached hydrogen (secondary N) is 3. The van der Waals surface area contributed by atoms with E-state index in [-0.39, 0.29) is 46.9 Å². The van der Waals surface area contributed by atoms with Crippen LogP contribution in [0.2, 0.25) is 5.02 Å². The molecule has 3 aliphatic carbocycles. The fourth-order valence-electron chi connectivity index (χ4n) is 3.82. The Kier molecular flexibility index (Phi) is 5.97. The predicted octanol–water partition coefficient (Wildman–Crippen LogP) is 1.57. The third kappa shape index (κ3) is 4.48. The minimum absolute atomic E-state index is 0.00698. The number of urea groups is 1. The molecule has 3 aliphatic rings. The van der Waals surface area contributed by atoms with Crippen molar-refractivity contribution in [2.24, 2.45) is 0 Å². The summed E-state index contributed by atoms with van der Waals surface area (Å²) in [6.07, 6.45) is 1.48. The van der Waals surface area contributed by atoms with Gasteiger partial charge in [0, 0.05) is 31.4 Å². The van der Waals surface area contributed by atoms with Crippen molar-refractivity contribution in [1.82, 2.24) is 16.0 Å². The van der Waals surface area contributed by atoms with E-state index in [2.05, 4.69) is 16.0 Å². The molecule has 0 aromatic heterocycles. The number of hydrogen-bond donors (Lipinski definition) is 3. The van der Waals surface area contributed by atoms with Crippen LogP contribution < -0.4 is 20.7 Å². The molecule has 0 atom stereocenters. The number of carbonyl (C=O) groups excluding carboxylic acids is 2. The fourth-order valence-corrected chi connectivity index (χ4v) is 3.94. The number of halogens is 2. The van der Waals surface area contributed by atoms with Gasteiger partial charge in [0.25, 0.3) is 5.91 Å². The Labute approximate surface area is 167 Å². The molecule has 10 heteroatoms. The van der Waals surface area contributed by atoms with E-state index in [1.54, 1.807) is 0 Å². The van der Waals surface area contributed by atoms with Gasteiger partial charge in [0.1, 0.15) is 11.6 Å². The smallest absolute Gasteiger partial charge is 0.315 e. The van der Waals surface area contributed by atoms with Crippen LogP contribution in [0.1, 0.15) is 19.3 Å². The molecule has 4 rings (SSSR count). The van der Waals surface area contributed by atoms with Crippen LogP contribution in [0, 0.1) is 5.82 Å². The molecule has 3 N–H and O–H groups in total. The van der Waals surface area contributed by atoms with E-state index >= 15 is 0 Å². The normalized spacial score (nSPS) is 24.8. The monoisotopic (exact) mass is 415 g/mol. The van der Waals surface area contributed by atoms with Gasteiger partial charge >= 0.3 is 6.03 Å². The summed E-state index contributed by atoms with van der Waals surface area (Å²) in [7, 11) is 2.99. The first kappa shape index (κ1) is 20.6. The molecule has 3 amide bonds. The highest BCUT2D eigenvalue weighted by atomic mass is 35.5. The Morgan fingerprint density at radius 1 is 1.18 bits per heavy atom. The van der Waals surface area contributed by atoms with E-state index in [1.807, 2.05) is 0 Å². The van der Waals surface area contributed by atoms with Gasteiger partial charge in [0.15, 0.2) is 12.9 Å². The second-order valence-electron chi connectivity index (χ2n) is 7.24. The van der Waals surface area contributed by atoms with Gasteiger partial charge in [0.05, 0.1) is 11.6 Å². The second kappa shape index (κ2) is 8.10. The van der Waals surface area contributed by atoms with Crippen molar-refractivity contribution in [3.8, 4) is 5.75 Å². The number of carbonyl (C=O) groups is 2. The molecule has 154 valence electrons. The van der Waals surface area contributed by atoms with Gasteiger partial charge < -0.3 is 30.2 Å². The summed E-state index contributed by atoms with van der Waals surface area (Å²) in [5.41, 5.74) is -0.590. The molecule has 0 heterocycles. The first-order chi connectivity index (χ1) is 13.3. The lowest BCUT2D eigenvalue weighted by Crippen LogP contribution is -2.84. The lowest BCUT2D eigenvalue weighted by molar-refractivity contribution is -0.141. The van der Waals surface area contributed by atoms with E-state index in [0.717, 1.165) is 6.07 Å². The Hall–Kier alpha value is -2.10. The zero-order valence-electron chi connectivity index (χ0n) is 15.6. The minimum Gasteiger partial charge on any atom is -0.484 e. The SMILES string of the molecule is COC(CNC(=O)NC12CC(NC(=O)COc3ccc(Cl)c(F)c3)(C1)C2)OC. The second-order valence-corrected chi connectivity index (χ2v) is 7.65. The van der Waals surface area contributed by atoms with Crippen LogP contribution in [-0.2, 0) is 14.3 Å². The first-order valence-electron chi connectivity index (χ1n) is 8.79. The topological polar surface area (TPSA) is 97.9 Å². The van der Waals surface area contributed by atoms with Crippen molar-refractivity contribution in [2.75, 3.05) is 27.4 Å². The highest BCUT2D eigenvalue weighted by molar-refractivity contribution is 6.30. The van der Waals surface area contributed by atoms with Crippen molar-refractivity contribution < 1.29 is 28.2 Å². The van der Waals surface area contributed by atoms with E-state index in [0.29, 0.717) is 19.3 Å². The van der Waals surface area contributed by atoms with Crippen molar-refractivity contribution in [3.63, 3.8) is 0 Å². The number of rotatable bonds is 9. The zero-order valence-corrected chi connectivity index (χ0v) is 16.4. The van der Waals surface area contributed by atoms with Crippen LogP contribution in [0.4, 0.5) is 9.18 Å². The third-order valence-corrected chi connectivity index (χ3v) is 5.34. The van der Waals surface area contributed by atoms with Gasteiger partial charge in [-0.25, -0.2) is 9.18 Å². The summed E-state index contributed by atoms with van der Waals surface area (Å²) in [6, 6.07) is 3.69. The summed E-state index contributed by atoms with van der Waals surface area (Å²) in [5.74, 6) is -0.668. The zero-order chi connectivity index (χ0) is 20.4.